The maximum Gasteiger partial charge on any atom is 0.0717 e. The lowest BCUT2D eigenvalue weighted by Gasteiger charge is -2.29. The van der Waals surface area contributed by atoms with Gasteiger partial charge in [-0.15, -0.1) is 0 Å². The molecule has 1 aromatic carbocycles. The molecule has 1 aliphatic carbocycles. The van der Waals surface area contributed by atoms with Crippen LogP contribution in [0.4, 0.5) is 0 Å². The summed E-state index contributed by atoms with van der Waals surface area (Å²) in [4.78, 5) is 0. The van der Waals surface area contributed by atoms with Crippen molar-refractivity contribution in [3.8, 4) is 0 Å². The highest BCUT2D eigenvalue weighted by Gasteiger charge is 2.24. The van der Waals surface area contributed by atoms with Crippen molar-refractivity contribution in [2.45, 2.75) is 45.3 Å². The molecule has 0 heterocycles. The van der Waals surface area contributed by atoms with Crippen LogP contribution in [0.15, 0.2) is 30.3 Å². The summed E-state index contributed by atoms with van der Waals surface area (Å²) in [5, 5.41) is 9.56. The Kier molecular flexibility index (Phi) is 5.21. The van der Waals surface area contributed by atoms with E-state index in [9.17, 15) is 5.11 Å². The summed E-state index contributed by atoms with van der Waals surface area (Å²) in [6.07, 6.45) is 4.55. The molecule has 0 spiro atoms. The second-order valence-electron chi connectivity index (χ2n) is 5.52. The van der Waals surface area contributed by atoms with Crippen molar-refractivity contribution in [3.05, 3.63) is 35.9 Å². The van der Waals surface area contributed by atoms with E-state index in [0.717, 1.165) is 26.1 Å². The summed E-state index contributed by atoms with van der Waals surface area (Å²) in [7, 11) is 0. The first-order valence-electron chi connectivity index (χ1n) is 7.05. The molecular formula is C16H24O2. The number of hydrogen-bond acceptors (Lipinski definition) is 2. The minimum absolute atomic E-state index is 0.142. The highest BCUT2D eigenvalue weighted by atomic mass is 16.5. The highest BCUT2D eigenvalue weighted by molar-refractivity contribution is 5.13. The van der Waals surface area contributed by atoms with E-state index < -0.39 is 0 Å². The molecular weight excluding hydrogens is 224 g/mol. The van der Waals surface area contributed by atoms with Crippen LogP contribution < -0.4 is 0 Å². The SMILES string of the molecule is CC(O)C1CCC(COCc2ccccc2)CC1. The Labute approximate surface area is 110 Å². The molecule has 1 atom stereocenters. The van der Waals surface area contributed by atoms with Crippen molar-refractivity contribution in [2.75, 3.05) is 6.61 Å². The van der Waals surface area contributed by atoms with Gasteiger partial charge in [-0.25, -0.2) is 0 Å². The third-order valence-corrected chi connectivity index (χ3v) is 4.04. The highest BCUT2D eigenvalue weighted by Crippen LogP contribution is 2.31. The maximum absolute atomic E-state index is 9.56. The Bertz CT molecular complexity index is 326. The van der Waals surface area contributed by atoms with Crippen molar-refractivity contribution in [2.24, 2.45) is 11.8 Å². The Balaban J connectivity index is 1.64. The molecule has 1 unspecified atom stereocenters. The predicted octanol–water partition coefficient (Wildman–Crippen LogP) is 3.39. The molecule has 0 aromatic heterocycles. The lowest BCUT2D eigenvalue weighted by Crippen LogP contribution is -2.25. The topological polar surface area (TPSA) is 29.5 Å². The normalized spacial score (nSPS) is 25.9. The molecule has 2 heteroatoms. The van der Waals surface area contributed by atoms with Crippen molar-refractivity contribution in [1.29, 1.82) is 0 Å². The van der Waals surface area contributed by atoms with Crippen LogP contribution in [-0.2, 0) is 11.3 Å². The van der Waals surface area contributed by atoms with Crippen molar-refractivity contribution >= 4 is 0 Å². The Hall–Kier alpha value is -0.860. The van der Waals surface area contributed by atoms with Gasteiger partial charge < -0.3 is 9.84 Å². The first-order valence-corrected chi connectivity index (χ1v) is 7.05. The smallest absolute Gasteiger partial charge is 0.0717 e. The number of rotatable bonds is 5. The van der Waals surface area contributed by atoms with Crippen molar-refractivity contribution in [3.63, 3.8) is 0 Å². The van der Waals surface area contributed by atoms with Crippen LogP contribution in [0.25, 0.3) is 0 Å². The quantitative estimate of drug-likeness (QED) is 0.865. The summed E-state index contributed by atoms with van der Waals surface area (Å²) in [6, 6.07) is 10.3. The molecule has 0 saturated heterocycles. The zero-order valence-corrected chi connectivity index (χ0v) is 11.2. The average Bonchev–Trinajstić information content (AvgIpc) is 2.40. The molecule has 100 valence electrons. The van der Waals surface area contributed by atoms with Gasteiger partial charge in [-0.1, -0.05) is 30.3 Å². The standard InChI is InChI=1S/C16H24O2/c1-13(17)16-9-7-15(8-10-16)12-18-11-14-5-3-2-4-6-14/h2-6,13,15-17H,7-12H2,1H3. The van der Waals surface area contributed by atoms with Crippen LogP contribution in [0.1, 0.15) is 38.2 Å². The number of benzene rings is 1. The molecule has 1 aliphatic rings. The molecule has 0 radical (unpaired) electrons. The van der Waals surface area contributed by atoms with Gasteiger partial charge in [0.25, 0.3) is 0 Å². The van der Waals surface area contributed by atoms with Gasteiger partial charge in [0.05, 0.1) is 12.7 Å². The fraction of sp³-hybridized carbons (Fsp3) is 0.625. The van der Waals surface area contributed by atoms with Crippen LogP contribution in [0.3, 0.4) is 0 Å². The van der Waals surface area contributed by atoms with Crippen LogP contribution in [0.5, 0.6) is 0 Å². The molecule has 2 rings (SSSR count). The number of ether oxygens (including phenoxy) is 1. The number of hydrogen-bond donors (Lipinski definition) is 1. The van der Waals surface area contributed by atoms with E-state index >= 15 is 0 Å². The average molecular weight is 248 g/mol. The van der Waals surface area contributed by atoms with E-state index in [2.05, 4.69) is 12.1 Å². The maximum atomic E-state index is 9.56. The number of aliphatic hydroxyl groups is 1. The fourth-order valence-corrected chi connectivity index (χ4v) is 2.75. The minimum atomic E-state index is -0.142. The number of aliphatic hydroxyl groups excluding tert-OH is 1. The van der Waals surface area contributed by atoms with Crippen molar-refractivity contribution in [1.82, 2.24) is 0 Å². The van der Waals surface area contributed by atoms with E-state index in [-0.39, 0.29) is 6.10 Å². The van der Waals surface area contributed by atoms with Gasteiger partial charge in [-0.05, 0) is 50.0 Å². The summed E-state index contributed by atoms with van der Waals surface area (Å²) in [6.45, 7) is 3.50. The van der Waals surface area contributed by atoms with E-state index in [1.807, 2.05) is 25.1 Å². The van der Waals surface area contributed by atoms with Crippen LogP contribution in [0.2, 0.25) is 0 Å². The third kappa shape index (κ3) is 4.11. The second kappa shape index (κ2) is 6.91. The molecule has 0 aliphatic heterocycles. The molecule has 2 nitrogen and oxygen atoms in total. The van der Waals surface area contributed by atoms with E-state index in [1.165, 1.54) is 18.4 Å². The van der Waals surface area contributed by atoms with Gasteiger partial charge >= 0.3 is 0 Å². The lowest BCUT2D eigenvalue weighted by atomic mass is 9.80. The van der Waals surface area contributed by atoms with Gasteiger partial charge in [-0.3, -0.25) is 0 Å². The zero-order valence-electron chi connectivity index (χ0n) is 11.2. The van der Waals surface area contributed by atoms with Gasteiger partial charge in [0, 0.05) is 6.61 Å². The van der Waals surface area contributed by atoms with Gasteiger partial charge in [0.1, 0.15) is 0 Å². The van der Waals surface area contributed by atoms with Crippen LogP contribution in [-0.4, -0.2) is 17.8 Å². The predicted molar refractivity (Wildman–Crippen MR) is 73.2 cm³/mol. The summed E-state index contributed by atoms with van der Waals surface area (Å²) in [5.74, 6) is 1.19. The fourth-order valence-electron chi connectivity index (χ4n) is 2.75. The largest absolute Gasteiger partial charge is 0.393 e. The van der Waals surface area contributed by atoms with Crippen LogP contribution >= 0.6 is 0 Å². The Morgan fingerprint density at radius 1 is 1.17 bits per heavy atom. The first-order chi connectivity index (χ1) is 8.75. The first kappa shape index (κ1) is 13.6. The molecule has 0 amide bonds. The second-order valence-corrected chi connectivity index (χ2v) is 5.52. The van der Waals surface area contributed by atoms with Crippen LogP contribution in [0, 0.1) is 11.8 Å². The molecule has 0 bridgehead atoms. The molecule has 1 fully saturated rings. The zero-order chi connectivity index (χ0) is 12.8. The summed E-state index contributed by atoms with van der Waals surface area (Å²) >= 11 is 0. The van der Waals surface area contributed by atoms with E-state index in [1.54, 1.807) is 0 Å². The monoisotopic (exact) mass is 248 g/mol. The molecule has 1 saturated carbocycles. The third-order valence-electron chi connectivity index (χ3n) is 4.04. The Morgan fingerprint density at radius 2 is 1.83 bits per heavy atom. The minimum Gasteiger partial charge on any atom is -0.393 e. The van der Waals surface area contributed by atoms with E-state index in [0.29, 0.717) is 11.8 Å². The molecule has 18 heavy (non-hydrogen) atoms. The van der Waals surface area contributed by atoms with Gasteiger partial charge in [0.15, 0.2) is 0 Å². The molecule has 1 aromatic rings. The Morgan fingerprint density at radius 3 is 2.44 bits per heavy atom. The molecule has 1 N–H and O–H groups in total. The van der Waals surface area contributed by atoms with Gasteiger partial charge in [0.2, 0.25) is 0 Å². The van der Waals surface area contributed by atoms with Gasteiger partial charge in [-0.2, -0.15) is 0 Å². The van der Waals surface area contributed by atoms with Crippen molar-refractivity contribution < 1.29 is 9.84 Å². The lowest BCUT2D eigenvalue weighted by molar-refractivity contribution is 0.0431. The van der Waals surface area contributed by atoms with E-state index in [4.69, 9.17) is 4.74 Å². The summed E-state index contributed by atoms with van der Waals surface area (Å²) in [5.41, 5.74) is 1.25. The summed E-state index contributed by atoms with van der Waals surface area (Å²) < 4.78 is 5.79.